The maximum Gasteiger partial charge on any atom is 0.340 e. The molecule has 0 N–H and O–H groups in total. The van der Waals surface area contributed by atoms with Gasteiger partial charge in [0.15, 0.2) is 0 Å². The lowest BCUT2D eigenvalue weighted by Crippen LogP contribution is -2.15. The summed E-state index contributed by atoms with van der Waals surface area (Å²) in [5.41, 5.74) is 2.89. The molecule has 2 aromatic carbocycles. The van der Waals surface area contributed by atoms with Gasteiger partial charge in [0, 0.05) is 10.9 Å². The number of carbonyl (C=O) groups excluding carboxylic acids is 2. The minimum absolute atomic E-state index is 0.106. The fourth-order valence-electron chi connectivity index (χ4n) is 2.83. The van der Waals surface area contributed by atoms with Crippen molar-refractivity contribution >= 4 is 22.8 Å². The summed E-state index contributed by atoms with van der Waals surface area (Å²) in [7, 11) is 2.62. The van der Waals surface area contributed by atoms with Gasteiger partial charge in [0.2, 0.25) is 0 Å². The number of benzene rings is 2. The molecular formula is C20H17NO4. The Bertz CT molecular complexity index is 935. The normalized spacial score (nSPS) is 10.5. The molecule has 25 heavy (non-hydrogen) atoms. The van der Waals surface area contributed by atoms with Crippen molar-refractivity contribution in [2.75, 3.05) is 14.2 Å². The Kier molecular flexibility index (Phi) is 4.75. The van der Waals surface area contributed by atoms with Crippen molar-refractivity contribution in [2.45, 2.75) is 6.42 Å². The van der Waals surface area contributed by atoms with Crippen LogP contribution >= 0.6 is 0 Å². The highest BCUT2D eigenvalue weighted by atomic mass is 16.5. The fraction of sp³-hybridized carbons (Fsp3) is 0.150. The van der Waals surface area contributed by atoms with Crippen molar-refractivity contribution in [1.29, 1.82) is 0 Å². The topological polar surface area (TPSA) is 65.5 Å². The number of hydrogen-bond donors (Lipinski definition) is 0. The number of aromatic nitrogens is 1. The van der Waals surface area contributed by atoms with E-state index >= 15 is 0 Å². The van der Waals surface area contributed by atoms with Gasteiger partial charge in [0.25, 0.3) is 0 Å². The van der Waals surface area contributed by atoms with Gasteiger partial charge in [-0.3, -0.25) is 9.78 Å². The van der Waals surface area contributed by atoms with Crippen LogP contribution in [0.3, 0.4) is 0 Å². The minimum Gasteiger partial charge on any atom is -0.469 e. The van der Waals surface area contributed by atoms with E-state index in [1.807, 2.05) is 54.6 Å². The first-order valence-electron chi connectivity index (χ1n) is 7.78. The highest BCUT2D eigenvalue weighted by Crippen LogP contribution is 2.33. The maximum absolute atomic E-state index is 12.5. The number of hydrogen-bond acceptors (Lipinski definition) is 5. The molecular weight excluding hydrogens is 318 g/mol. The van der Waals surface area contributed by atoms with Crippen LogP contribution in [-0.4, -0.2) is 31.1 Å². The molecule has 0 fully saturated rings. The molecule has 0 amide bonds. The molecule has 0 saturated carbocycles. The quantitative estimate of drug-likeness (QED) is 0.684. The molecule has 0 unspecified atom stereocenters. The van der Waals surface area contributed by atoms with E-state index in [-0.39, 0.29) is 12.0 Å². The van der Waals surface area contributed by atoms with E-state index in [4.69, 9.17) is 9.47 Å². The average molecular weight is 335 g/mol. The largest absolute Gasteiger partial charge is 0.469 e. The zero-order valence-corrected chi connectivity index (χ0v) is 14.0. The van der Waals surface area contributed by atoms with Gasteiger partial charge in [0.1, 0.15) is 0 Å². The number of methoxy groups -OCH3 is 2. The smallest absolute Gasteiger partial charge is 0.340 e. The lowest BCUT2D eigenvalue weighted by molar-refractivity contribution is -0.139. The van der Waals surface area contributed by atoms with Gasteiger partial charge in [-0.15, -0.1) is 0 Å². The second kappa shape index (κ2) is 7.13. The standard InChI is InChI=1S/C20H17NO4/c1-24-17(22)12-16-19(20(23)25-2)18(13-8-4-3-5-9-13)14-10-6-7-11-15(14)21-16/h3-11H,12H2,1-2H3. The second-order valence-electron chi connectivity index (χ2n) is 5.44. The molecule has 0 aliphatic rings. The highest BCUT2D eigenvalue weighted by Gasteiger charge is 2.24. The number of rotatable bonds is 4. The molecule has 5 heteroatoms. The first kappa shape index (κ1) is 16.6. The number of esters is 2. The van der Waals surface area contributed by atoms with Gasteiger partial charge in [-0.05, 0) is 11.6 Å². The van der Waals surface area contributed by atoms with Crippen LogP contribution in [0.5, 0.6) is 0 Å². The van der Waals surface area contributed by atoms with E-state index in [2.05, 4.69) is 4.98 Å². The third-order valence-corrected chi connectivity index (χ3v) is 3.96. The van der Waals surface area contributed by atoms with E-state index in [1.54, 1.807) is 0 Å². The predicted molar refractivity (Wildman–Crippen MR) is 94.2 cm³/mol. The molecule has 0 spiro atoms. The summed E-state index contributed by atoms with van der Waals surface area (Å²) in [5, 5.41) is 0.822. The van der Waals surface area contributed by atoms with Crippen LogP contribution < -0.4 is 0 Å². The molecule has 0 bridgehead atoms. The van der Waals surface area contributed by atoms with Gasteiger partial charge < -0.3 is 9.47 Å². The molecule has 5 nitrogen and oxygen atoms in total. The van der Waals surface area contributed by atoms with Crippen LogP contribution in [-0.2, 0) is 20.7 Å². The first-order chi connectivity index (χ1) is 12.2. The fourth-order valence-corrected chi connectivity index (χ4v) is 2.83. The Labute approximate surface area is 145 Å². The number of fused-ring (bicyclic) bond motifs is 1. The van der Waals surface area contributed by atoms with Gasteiger partial charge >= 0.3 is 11.9 Å². The highest BCUT2D eigenvalue weighted by molar-refractivity contribution is 6.08. The summed E-state index contributed by atoms with van der Waals surface area (Å²) in [6, 6.07) is 17.0. The predicted octanol–water partition coefficient (Wildman–Crippen LogP) is 3.40. The third-order valence-electron chi connectivity index (χ3n) is 3.96. The minimum atomic E-state index is -0.531. The van der Waals surface area contributed by atoms with Gasteiger partial charge in [0.05, 0.1) is 37.4 Å². The average Bonchev–Trinajstić information content (AvgIpc) is 2.66. The van der Waals surface area contributed by atoms with E-state index in [0.29, 0.717) is 16.8 Å². The van der Waals surface area contributed by atoms with E-state index in [0.717, 1.165) is 10.9 Å². The van der Waals surface area contributed by atoms with Crippen LogP contribution in [0.25, 0.3) is 22.0 Å². The van der Waals surface area contributed by atoms with Gasteiger partial charge in [-0.2, -0.15) is 0 Å². The number of ether oxygens (including phenoxy) is 2. The van der Waals surface area contributed by atoms with Crippen LogP contribution in [0.2, 0.25) is 0 Å². The molecule has 0 aliphatic carbocycles. The number of para-hydroxylation sites is 1. The Hall–Kier alpha value is -3.21. The zero-order chi connectivity index (χ0) is 17.8. The monoisotopic (exact) mass is 335 g/mol. The molecule has 3 rings (SSSR count). The first-order valence-corrected chi connectivity index (χ1v) is 7.78. The summed E-state index contributed by atoms with van der Waals surface area (Å²) in [6.07, 6.45) is -0.106. The second-order valence-corrected chi connectivity index (χ2v) is 5.44. The van der Waals surface area contributed by atoms with Crippen molar-refractivity contribution in [1.82, 2.24) is 4.98 Å². The van der Waals surface area contributed by atoms with Crippen molar-refractivity contribution < 1.29 is 19.1 Å². The maximum atomic E-state index is 12.5. The van der Waals surface area contributed by atoms with Crippen molar-refractivity contribution in [3.05, 3.63) is 65.9 Å². The molecule has 1 heterocycles. The lowest BCUT2D eigenvalue weighted by Gasteiger charge is -2.15. The number of pyridine rings is 1. The van der Waals surface area contributed by atoms with Gasteiger partial charge in [-0.1, -0.05) is 48.5 Å². The Morgan fingerprint density at radius 3 is 2.28 bits per heavy atom. The van der Waals surface area contributed by atoms with Gasteiger partial charge in [-0.25, -0.2) is 4.79 Å². The molecule has 0 radical (unpaired) electrons. The molecule has 0 atom stereocenters. The Morgan fingerprint density at radius 1 is 0.920 bits per heavy atom. The van der Waals surface area contributed by atoms with Crippen molar-refractivity contribution in [3.63, 3.8) is 0 Å². The Morgan fingerprint density at radius 2 is 1.60 bits per heavy atom. The van der Waals surface area contributed by atoms with Crippen LogP contribution in [0.15, 0.2) is 54.6 Å². The molecule has 0 saturated heterocycles. The zero-order valence-electron chi connectivity index (χ0n) is 14.0. The molecule has 3 aromatic rings. The summed E-state index contributed by atoms with van der Waals surface area (Å²) >= 11 is 0. The van der Waals surface area contributed by atoms with E-state index < -0.39 is 11.9 Å². The van der Waals surface area contributed by atoms with Crippen LogP contribution in [0.1, 0.15) is 16.1 Å². The SMILES string of the molecule is COC(=O)Cc1nc2ccccc2c(-c2ccccc2)c1C(=O)OC. The van der Waals surface area contributed by atoms with Crippen LogP contribution in [0, 0.1) is 0 Å². The molecule has 0 aliphatic heterocycles. The summed E-state index contributed by atoms with van der Waals surface area (Å²) < 4.78 is 9.72. The van der Waals surface area contributed by atoms with E-state index in [1.165, 1.54) is 14.2 Å². The molecule has 1 aromatic heterocycles. The molecule has 126 valence electrons. The van der Waals surface area contributed by atoms with Crippen molar-refractivity contribution in [2.24, 2.45) is 0 Å². The van der Waals surface area contributed by atoms with Crippen LogP contribution in [0.4, 0.5) is 0 Å². The Balaban J connectivity index is 2.39. The summed E-state index contributed by atoms with van der Waals surface area (Å²) in [4.78, 5) is 28.9. The van der Waals surface area contributed by atoms with E-state index in [9.17, 15) is 9.59 Å². The lowest BCUT2D eigenvalue weighted by atomic mass is 9.93. The summed E-state index contributed by atoms with van der Waals surface area (Å²) in [5.74, 6) is -0.997. The number of nitrogens with zero attached hydrogens (tertiary/aromatic N) is 1. The van der Waals surface area contributed by atoms with Crippen molar-refractivity contribution in [3.8, 4) is 11.1 Å². The summed E-state index contributed by atoms with van der Waals surface area (Å²) in [6.45, 7) is 0. The number of carbonyl (C=O) groups is 2. The third kappa shape index (κ3) is 3.21.